The molecule has 0 radical (unpaired) electrons. The van der Waals surface area contributed by atoms with Gasteiger partial charge < -0.3 is 10.2 Å². The van der Waals surface area contributed by atoms with Crippen molar-refractivity contribution in [2.75, 3.05) is 43.0 Å². The Morgan fingerprint density at radius 3 is 2.12 bits per heavy atom. The molecule has 7 nitrogen and oxygen atoms in total. The number of benzene rings is 2. The summed E-state index contributed by atoms with van der Waals surface area (Å²) in [6.45, 7) is 2.69. The van der Waals surface area contributed by atoms with E-state index in [-0.39, 0.29) is 16.7 Å². The first-order chi connectivity index (χ1) is 15.4. The van der Waals surface area contributed by atoms with Crippen LogP contribution < -0.4 is 5.32 Å². The zero-order chi connectivity index (χ0) is 22.6. The van der Waals surface area contributed by atoms with E-state index >= 15 is 0 Å². The van der Waals surface area contributed by atoms with Gasteiger partial charge >= 0.3 is 0 Å². The number of hydrogen-bond acceptors (Lipinski definition) is 5. The summed E-state index contributed by atoms with van der Waals surface area (Å²) in [6.07, 6.45) is 2.11. The van der Waals surface area contributed by atoms with Crippen molar-refractivity contribution in [1.82, 2.24) is 9.21 Å². The molecule has 0 bridgehead atoms. The summed E-state index contributed by atoms with van der Waals surface area (Å²) in [4.78, 5) is 27.1. The van der Waals surface area contributed by atoms with Crippen LogP contribution in [-0.2, 0) is 21.2 Å². The van der Waals surface area contributed by atoms with Crippen LogP contribution in [0, 0.1) is 0 Å². The maximum absolute atomic E-state index is 12.6. The number of thioether (sulfide) groups is 1. The summed E-state index contributed by atoms with van der Waals surface area (Å²) in [5, 5.41) is 2.82. The first-order valence-corrected chi connectivity index (χ1v) is 13.4. The van der Waals surface area contributed by atoms with Crippen LogP contribution in [0.3, 0.4) is 0 Å². The molecule has 2 aliphatic heterocycles. The van der Waals surface area contributed by atoms with Crippen molar-refractivity contribution < 1.29 is 18.0 Å². The lowest BCUT2D eigenvalue weighted by molar-refractivity contribution is -0.130. The fourth-order valence-corrected chi connectivity index (χ4v) is 6.28. The van der Waals surface area contributed by atoms with Crippen LogP contribution >= 0.6 is 11.8 Å². The maximum Gasteiger partial charge on any atom is 0.255 e. The van der Waals surface area contributed by atoms with Gasteiger partial charge in [0.2, 0.25) is 15.9 Å². The predicted octanol–water partition coefficient (Wildman–Crippen LogP) is 2.84. The van der Waals surface area contributed by atoms with Gasteiger partial charge in [0.1, 0.15) is 0 Å². The van der Waals surface area contributed by atoms with E-state index in [1.165, 1.54) is 28.6 Å². The molecule has 2 saturated heterocycles. The largest absolute Gasteiger partial charge is 0.341 e. The Hall–Kier alpha value is -2.36. The number of amides is 2. The minimum Gasteiger partial charge on any atom is -0.341 e. The maximum atomic E-state index is 12.6. The minimum atomic E-state index is -3.49. The van der Waals surface area contributed by atoms with Gasteiger partial charge in [0.25, 0.3) is 5.91 Å². The first-order valence-electron chi connectivity index (χ1n) is 10.8. The second-order valence-electron chi connectivity index (χ2n) is 7.96. The van der Waals surface area contributed by atoms with Crippen LogP contribution in [0.2, 0.25) is 0 Å². The molecule has 2 aliphatic rings. The molecule has 9 heteroatoms. The molecule has 0 spiro atoms. The topological polar surface area (TPSA) is 86.8 Å². The zero-order valence-electron chi connectivity index (χ0n) is 17.8. The van der Waals surface area contributed by atoms with Crippen molar-refractivity contribution in [3.8, 4) is 0 Å². The Labute approximate surface area is 193 Å². The van der Waals surface area contributed by atoms with Crippen LogP contribution in [-0.4, -0.2) is 67.1 Å². The standard InChI is InChI=1S/C23H27N3O4S2/c27-22(25-13-15-31-16-14-25)17-18-3-7-20(8-4-18)24-23(28)19-5-9-21(10-6-19)32(29,30)26-11-1-2-12-26/h3-10H,1-2,11-17H2,(H,24,28). The molecule has 1 N–H and O–H groups in total. The Morgan fingerprint density at radius 2 is 1.50 bits per heavy atom. The van der Waals surface area contributed by atoms with Crippen LogP contribution in [0.1, 0.15) is 28.8 Å². The van der Waals surface area contributed by atoms with Crippen LogP contribution in [0.5, 0.6) is 0 Å². The van der Waals surface area contributed by atoms with E-state index in [0.29, 0.717) is 30.8 Å². The molecule has 2 fully saturated rings. The van der Waals surface area contributed by atoms with E-state index in [4.69, 9.17) is 0 Å². The van der Waals surface area contributed by atoms with Crippen molar-refractivity contribution in [3.05, 3.63) is 59.7 Å². The van der Waals surface area contributed by atoms with E-state index in [0.717, 1.165) is 43.0 Å². The van der Waals surface area contributed by atoms with Crippen LogP contribution in [0.4, 0.5) is 5.69 Å². The van der Waals surface area contributed by atoms with Gasteiger partial charge in [0, 0.05) is 48.9 Å². The smallest absolute Gasteiger partial charge is 0.255 e. The number of nitrogens with one attached hydrogen (secondary N) is 1. The van der Waals surface area contributed by atoms with Crippen LogP contribution in [0.15, 0.2) is 53.4 Å². The van der Waals surface area contributed by atoms with Crippen molar-refractivity contribution in [2.45, 2.75) is 24.2 Å². The van der Waals surface area contributed by atoms with E-state index in [1.54, 1.807) is 12.1 Å². The first kappa shape index (κ1) is 22.8. The predicted molar refractivity (Wildman–Crippen MR) is 126 cm³/mol. The van der Waals surface area contributed by atoms with Gasteiger partial charge in [-0.15, -0.1) is 0 Å². The Morgan fingerprint density at radius 1 is 0.875 bits per heavy atom. The number of hydrogen-bond donors (Lipinski definition) is 1. The van der Waals surface area contributed by atoms with Crippen molar-refractivity contribution >= 4 is 39.3 Å². The quantitative estimate of drug-likeness (QED) is 0.697. The molecule has 0 aromatic heterocycles. The Balaban J connectivity index is 1.35. The number of sulfonamides is 1. The molecular formula is C23H27N3O4S2. The lowest BCUT2D eigenvalue weighted by Gasteiger charge is -2.26. The molecule has 2 heterocycles. The third kappa shape index (κ3) is 5.33. The fourth-order valence-electron chi connectivity index (χ4n) is 3.86. The van der Waals surface area contributed by atoms with E-state index in [1.807, 2.05) is 28.8 Å². The Kier molecular flexibility index (Phi) is 7.17. The molecule has 2 aromatic rings. The second kappa shape index (κ2) is 10.1. The minimum absolute atomic E-state index is 0.131. The molecule has 0 saturated carbocycles. The number of anilines is 1. The summed E-state index contributed by atoms with van der Waals surface area (Å²) in [5.74, 6) is 1.79. The van der Waals surface area contributed by atoms with Crippen molar-refractivity contribution in [1.29, 1.82) is 0 Å². The molecule has 2 aromatic carbocycles. The van der Waals surface area contributed by atoms with E-state index < -0.39 is 10.0 Å². The normalized spacial score (nSPS) is 17.3. The number of nitrogens with zero attached hydrogens (tertiary/aromatic N) is 2. The van der Waals surface area contributed by atoms with E-state index in [9.17, 15) is 18.0 Å². The highest BCUT2D eigenvalue weighted by Crippen LogP contribution is 2.21. The summed E-state index contributed by atoms with van der Waals surface area (Å²) >= 11 is 1.87. The fraction of sp³-hybridized carbons (Fsp3) is 0.391. The highest BCUT2D eigenvalue weighted by molar-refractivity contribution is 7.99. The summed E-state index contributed by atoms with van der Waals surface area (Å²) in [5.41, 5.74) is 1.91. The molecule has 170 valence electrons. The average molecular weight is 474 g/mol. The van der Waals surface area contributed by atoms with E-state index in [2.05, 4.69) is 5.32 Å². The van der Waals surface area contributed by atoms with Gasteiger partial charge in [-0.1, -0.05) is 12.1 Å². The second-order valence-corrected chi connectivity index (χ2v) is 11.1. The molecule has 32 heavy (non-hydrogen) atoms. The highest BCUT2D eigenvalue weighted by atomic mass is 32.2. The van der Waals surface area contributed by atoms with Crippen molar-refractivity contribution in [2.24, 2.45) is 0 Å². The zero-order valence-corrected chi connectivity index (χ0v) is 19.5. The number of rotatable bonds is 6. The van der Waals surface area contributed by atoms with Gasteiger partial charge in [-0.3, -0.25) is 9.59 Å². The van der Waals surface area contributed by atoms with Gasteiger partial charge in [0.05, 0.1) is 11.3 Å². The lowest BCUT2D eigenvalue weighted by atomic mass is 10.1. The van der Waals surface area contributed by atoms with Gasteiger partial charge in [-0.05, 0) is 54.8 Å². The molecule has 2 amide bonds. The summed E-state index contributed by atoms with van der Waals surface area (Å²) in [6, 6.07) is 13.3. The van der Waals surface area contributed by atoms with Crippen molar-refractivity contribution in [3.63, 3.8) is 0 Å². The molecule has 0 unspecified atom stereocenters. The molecular weight excluding hydrogens is 446 g/mol. The summed E-state index contributed by atoms with van der Waals surface area (Å²) < 4.78 is 26.7. The lowest BCUT2D eigenvalue weighted by Crippen LogP contribution is -2.38. The molecule has 4 rings (SSSR count). The third-order valence-corrected chi connectivity index (χ3v) is 8.61. The number of carbonyl (C=O) groups excluding carboxylic acids is 2. The molecule has 0 aliphatic carbocycles. The molecule has 0 atom stereocenters. The highest BCUT2D eigenvalue weighted by Gasteiger charge is 2.27. The van der Waals surface area contributed by atoms with Gasteiger partial charge in [0.15, 0.2) is 0 Å². The third-order valence-electron chi connectivity index (χ3n) is 5.75. The number of carbonyl (C=O) groups is 2. The van der Waals surface area contributed by atoms with Crippen LogP contribution in [0.25, 0.3) is 0 Å². The summed E-state index contributed by atoms with van der Waals surface area (Å²) in [7, 11) is -3.49. The Bertz CT molecular complexity index is 1060. The monoisotopic (exact) mass is 473 g/mol. The van der Waals surface area contributed by atoms with Gasteiger partial charge in [-0.25, -0.2) is 8.42 Å². The van der Waals surface area contributed by atoms with Gasteiger partial charge in [-0.2, -0.15) is 16.1 Å². The average Bonchev–Trinajstić information content (AvgIpc) is 3.37. The SMILES string of the molecule is O=C(Nc1ccc(CC(=O)N2CCSCC2)cc1)c1ccc(S(=O)(=O)N2CCCC2)cc1.